The number of hydrogen-bond donors (Lipinski definition) is 1. The quantitative estimate of drug-likeness (QED) is 0.481. The standard InChI is InChI=1S/C24H20N2/c1-2-6-19(7-3-1)20-9-11-21(12-10-20)22-13-15-23(16-14-22)26-18-24-8-4-5-17-25-24/h1-17,26H,18H2. The van der Waals surface area contributed by atoms with E-state index in [1.54, 1.807) is 0 Å². The molecule has 0 aliphatic rings. The lowest BCUT2D eigenvalue weighted by Gasteiger charge is -2.08. The predicted octanol–water partition coefficient (Wildman–Crippen LogP) is 6.03. The molecule has 2 heteroatoms. The first-order chi connectivity index (χ1) is 12.9. The van der Waals surface area contributed by atoms with Crippen molar-refractivity contribution in [2.24, 2.45) is 0 Å². The Kier molecular flexibility index (Phi) is 4.74. The van der Waals surface area contributed by atoms with Gasteiger partial charge in [-0.15, -0.1) is 0 Å². The largest absolute Gasteiger partial charge is 0.379 e. The number of rotatable bonds is 5. The Bertz CT molecular complexity index is 944. The van der Waals surface area contributed by atoms with Gasteiger partial charge >= 0.3 is 0 Å². The summed E-state index contributed by atoms with van der Waals surface area (Å²) in [6, 6.07) is 33.7. The van der Waals surface area contributed by atoms with Crippen molar-refractivity contribution >= 4 is 5.69 Å². The monoisotopic (exact) mass is 336 g/mol. The molecule has 1 aromatic heterocycles. The molecule has 126 valence electrons. The van der Waals surface area contributed by atoms with Gasteiger partial charge in [0, 0.05) is 11.9 Å². The van der Waals surface area contributed by atoms with Crippen LogP contribution in [0, 0.1) is 0 Å². The van der Waals surface area contributed by atoms with Crippen LogP contribution >= 0.6 is 0 Å². The molecule has 2 nitrogen and oxygen atoms in total. The summed E-state index contributed by atoms with van der Waals surface area (Å²) in [5, 5.41) is 3.41. The molecule has 1 N–H and O–H groups in total. The Hall–Kier alpha value is -3.39. The summed E-state index contributed by atoms with van der Waals surface area (Å²) in [7, 11) is 0. The van der Waals surface area contributed by atoms with Crippen molar-refractivity contribution in [1.82, 2.24) is 4.98 Å². The van der Waals surface area contributed by atoms with E-state index in [-0.39, 0.29) is 0 Å². The average molecular weight is 336 g/mol. The molecule has 3 aromatic carbocycles. The number of anilines is 1. The summed E-state index contributed by atoms with van der Waals surface area (Å²) in [5.41, 5.74) is 7.05. The lowest BCUT2D eigenvalue weighted by atomic mass is 10.0. The highest BCUT2D eigenvalue weighted by Gasteiger charge is 2.01. The highest BCUT2D eigenvalue weighted by molar-refractivity contribution is 5.71. The van der Waals surface area contributed by atoms with Crippen LogP contribution in [0.1, 0.15) is 5.69 Å². The van der Waals surface area contributed by atoms with Gasteiger partial charge in [-0.25, -0.2) is 0 Å². The van der Waals surface area contributed by atoms with E-state index in [0.29, 0.717) is 0 Å². The average Bonchev–Trinajstić information content (AvgIpc) is 2.74. The molecule has 0 amide bonds. The highest BCUT2D eigenvalue weighted by Crippen LogP contribution is 2.25. The molecule has 0 aliphatic heterocycles. The second kappa shape index (κ2) is 7.66. The molecule has 1 heterocycles. The first kappa shape index (κ1) is 16.1. The number of nitrogens with zero attached hydrogens (tertiary/aromatic N) is 1. The van der Waals surface area contributed by atoms with E-state index < -0.39 is 0 Å². The normalized spacial score (nSPS) is 10.5. The van der Waals surface area contributed by atoms with Crippen LogP contribution in [0.4, 0.5) is 5.69 Å². The molecule has 0 unspecified atom stereocenters. The maximum Gasteiger partial charge on any atom is 0.0594 e. The Morgan fingerprint density at radius 2 is 1.08 bits per heavy atom. The number of benzene rings is 3. The highest BCUT2D eigenvalue weighted by atomic mass is 14.9. The molecular weight excluding hydrogens is 316 g/mol. The molecule has 0 atom stereocenters. The summed E-state index contributed by atoms with van der Waals surface area (Å²) in [6.45, 7) is 0.728. The minimum Gasteiger partial charge on any atom is -0.379 e. The number of aromatic nitrogens is 1. The van der Waals surface area contributed by atoms with Gasteiger partial charge in [-0.3, -0.25) is 4.98 Å². The van der Waals surface area contributed by atoms with Crippen LogP contribution in [-0.2, 0) is 6.54 Å². The van der Waals surface area contributed by atoms with E-state index in [1.165, 1.54) is 22.3 Å². The van der Waals surface area contributed by atoms with E-state index in [2.05, 4.69) is 83.1 Å². The van der Waals surface area contributed by atoms with Crippen LogP contribution in [0.3, 0.4) is 0 Å². The minimum absolute atomic E-state index is 0.728. The predicted molar refractivity (Wildman–Crippen MR) is 109 cm³/mol. The Balaban J connectivity index is 1.45. The smallest absolute Gasteiger partial charge is 0.0594 e. The summed E-state index contributed by atoms with van der Waals surface area (Å²) >= 11 is 0. The summed E-state index contributed by atoms with van der Waals surface area (Å²) < 4.78 is 0. The maximum absolute atomic E-state index is 4.33. The van der Waals surface area contributed by atoms with E-state index >= 15 is 0 Å². The SMILES string of the molecule is c1ccc(-c2ccc(-c3ccc(NCc4ccccn4)cc3)cc2)cc1. The fourth-order valence-electron chi connectivity index (χ4n) is 2.96. The van der Waals surface area contributed by atoms with Gasteiger partial charge in [0.15, 0.2) is 0 Å². The zero-order valence-corrected chi connectivity index (χ0v) is 14.5. The summed E-state index contributed by atoms with van der Waals surface area (Å²) in [4.78, 5) is 4.33. The van der Waals surface area contributed by atoms with E-state index in [0.717, 1.165) is 17.9 Å². The Labute approximate surface area is 154 Å². The summed E-state index contributed by atoms with van der Waals surface area (Å²) in [5.74, 6) is 0. The molecule has 0 bridgehead atoms. The van der Waals surface area contributed by atoms with Crippen molar-refractivity contribution < 1.29 is 0 Å². The van der Waals surface area contributed by atoms with Crippen molar-refractivity contribution in [3.05, 3.63) is 109 Å². The molecule has 0 saturated heterocycles. The topological polar surface area (TPSA) is 24.9 Å². The third kappa shape index (κ3) is 3.81. The van der Waals surface area contributed by atoms with Crippen molar-refractivity contribution in [2.75, 3.05) is 5.32 Å². The lowest BCUT2D eigenvalue weighted by molar-refractivity contribution is 1.05. The van der Waals surface area contributed by atoms with Gasteiger partial charge in [0.2, 0.25) is 0 Å². The molecule has 0 spiro atoms. The molecule has 0 fully saturated rings. The molecule has 4 rings (SSSR count). The van der Waals surface area contributed by atoms with Gasteiger partial charge in [-0.2, -0.15) is 0 Å². The van der Waals surface area contributed by atoms with Gasteiger partial charge in [-0.1, -0.05) is 72.8 Å². The molecule has 26 heavy (non-hydrogen) atoms. The van der Waals surface area contributed by atoms with Crippen LogP contribution in [0.5, 0.6) is 0 Å². The zero-order chi connectivity index (χ0) is 17.6. The van der Waals surface area contributed by atoms with Crippen LogP contribution in [0.25, 0.3) is 22.3 Å². The second-order valence-corrected chi connectivity index (χ2v) is 6.20. The van der Waals surface area contributed by atoms with Gasteiger partial charge in [0.05, 0.1) is 12.2 Å². The molecule has 0 saturated carbocycles. The van der Waals surface area contributed by atoms with Crippen LogP contribution in [0.2, 0.25) is 0 Å². The molecule has 4 aromatic rings. The fourth-order valence-corrected chi connectivity index (χ4v) is 2.96. The molecular formula is C24H20N2. The summed E-state index contributed by atoms with van der Waals surface area (Å²) in [6.07, 6.45) is 1.82. The number of hydrogen-bond acceptors (Lipinski definition) is 2. The third-order valence-electron chi connectivity index (χ3n) is 4.41. The minimum atomic E-state index is 0.728. The van der Waals surface area contributed by atoms with Crippen LogP contribution in [0.15, 0.2) is 103 Å². The fraction of sp³-hybridized carbons (Fsp3) is 0.0417. The maximum atomic E-state index is 4.33. The van der Waals surface area contributed by atoms with Crippen molar-refractivity contribution in [2.45, 2.75) is 6.54 Å². The first-order valence-corrected chi connectivity index (χ1v) is 8.78. The van der Waals surface area contributed by atoms with Crippen LogP contribution < -0.4 is 5.32 Å². The first-order valence-electron chi connectivity index (χ1n) is 8.78. The van der Waals surface area contributed by atoms with Gasteiger partial charge in [0.25, 0.3) is 0 Å². The third-order valence-corrected chi connectivity index (χ3v) is 4.41. The van der Waals surface area contributed by atoms with Gasteiger partial charge in [-0.05, 0) is 46.5 Å². The van der Waals surface area contributed by atoms with Crippen molar-refractivity contribution in [1.29, 1.82) is 0 Å². The van der Waals surface area contributed by atoms with Gasteiger partial charge < -0.3 is 5.32 Å². The number of pyridine rings is 1. The molecule has 0 aliphatic carbocycles. The van der Waals surface area contributed by atoms with Crippen molar-refractivity contribution in [3.63, 3.8) is 0 Å². The zero-order valence-electron chi connectivity index (χ0n) is 14.5. The van der Waals surface area contributed by atoms with Gasteiger partial charge in [0.1, 0.15) is 0 Å². The number of nitrogens with one attached hydrogen (secondary N) is 1. The Morgan fingerprint density at radius 1 is 0.538 bits per heavy atom. The van der Waals surface area contributed by atoms with E-state index in [4.69, 9.17) is 0 Å². The lowest BCUT2D eigenvalue weighted by Crippen LogP contribution is -2.00. The van der Waals surface area contributed by atoms with E-state index in [9.17, 15) is 0 Å². The second-order valence-electron chi connectivity index (χ2n) is 6.20. The molecule has 0 radical (unpaired) electrons. The Morgan fingerprint density at radius 3 is 1.65 bits per heavy atom. The van der Waals surface area contributed by atoms with Crippen molar-refractivity contribution in [3.8, 4) is 22.3 Å². The van der Waals surface area contributed by atoms with E-state index in [1.807, 2.05) is 30.5 Å². The van der Waals surface area contributed by atoms with Crippen LogP contribution in [-0.4, -0.2) is 4.98 Å².